The van der Waals surface area contributed by atoms with Crippen molar-refractivity contribution in [3.05, 3.63) is 221 Å². The molecule has 11 aromatic carbocycles. The van der Waals surface area contributed by atoms with Gasteiger partial charge in [-0.1, -0.05) is 243 Å². The van der Waals surface area contributed by atoms with Gasteiger partial charge >= 0.3 is 0 Å². The lowest BCUT2D eigenvalue weighted by atomic mass is 9.33. The Bertz CT molecular complexity index is 4150. The second kappa shape index (κ2) is 17.1. The van der Waals surface area contributed by atoms with Crippen LogP contribution in [0.15, 0.2) is 188 Å². The summed E-state index contributed by atoms with van der Waals surface area (Å²) >= 11 is 0. The van der Waals surface area contributed by atoms with Crippen LogP contribution in [0.1, 0.15) is 130 Å². The lowest BCUT2D eigenvalue weighted by Gasteiger charge is -2.46. The van der Waals surface area contributed by atoms with Crippen LogP contribution in [0, 0.1) is 0 Å². The zero-order valence-corrected chi connectivity index (χ0v) is 49.4. The summed E-state index contributed by atoms with van der Waals surface area (Å²) in [6.07, 6.45) is 0. The maximum atomic E-state index is 2.71. The van der Waals surface area contributed by atoms with E-state index < -0.39 is 0 Å². The van der Waals surface area contributed by atoms with Crippen molar-refractivity contribution in [2.75, 3.05) is 9.80 Å². The number of rotatable bonds is 3. The topological polar surface area (TPSA) is 6.48 Å². The van der Waals surface area contributed by atoms with Crippen LogP contribution in [0.5, 0.6) is 0 Å². The molecule has 0 unspecified atom stereocenters. The van der Waals surface area contributed by atoms with Gasteiger partial charge < -0.3 is 9.80 Å². The van der Waals surface area contributed by atoms with E-state index in [-0.39, 0.29) is 33.8 Å². The molecule has 0 spiro atoms. The molecule has 0 N–H and O–H groups in total. The molecule has 394 valence electrons. The van der Waals surface area contributed by atoms with Gasteiger partial charge in [-0.15, -0.1) is 0 Å². The van der Waals surface area contributed by atoms with Crippen LogP contribution < -0.4 is 26.2 Å². The van der Waals surface area contributed by atoms with Gasteiger partial charge in [0.25, 0.3) is 6.71 Å². The number of hydrogen-bond acceptors (Lipinski definition) is 2. The predicted octanol–water partition coefficient (Wildman–Crippen LogP) is 19.5. The predicted molar refractivity (Wildman–Crippen MR) is 348 cm³/mol. The highest BCUT2D eigenvalue weighted by molar-refractivity contribution is 7.01. The van der Waals surface area contributed by atoms with Crippen molar-refractivity contribution in [1.82, 2.24) is 0 Å². The highest BCUT2D eigenvalue weighted by Crippen LogP contribution is 2.54. The van der Waals surface area contributed by atoms with Crippen LogP contribution in [-0.2, 0) is 27.1 Å². The Hall–Kier alpha value is -7.88. The third-order valence-corrected chi connectivity index (χ3v) is 18.6. The van der Waals surface area contributed by atoms with Crippen molar-refractivity contribution in [3.8, 4) is 22.3 Å². The molecule has 2 heterocycles. The van der Waals surface area contributed by atoms with Crippen molar-refractivity contribution < 1.29 is 0 Å². The van der Waals surface area contributed by atoms with Crippen LogP contribution in [0.4, 0.5) is 34.1 Å². The largest absolute Gasteiger partial charge is 0.311 e. The molecule has 0 fully saturated rings. The second-order valence-corrected chi connectivity index (χ2v) is 28.3. The molecule has 2 aliphatic heterocycles. The molecule has 0 aromatic heterocycles. The van der Waals surface area contributed by atoms with Gasteiger partial charge in [0.15, 0.2) is 0 Å². The Morgan fingerprint density at radius 2 is 0.750 bits per heavy atom. The molecule has 3 heteroatoms. The van der Waals surface area contributed by atoms with E-state index in [1.807, 2.05) is 0 Å². The van der Waals surface area contributed by atoms with Gasteiger partial charge in [0.1, 0.15) is 0 Å². The Kier molecular flexibility index (Phi) is 10.7. The summed E-state index contributed by atoms with van der Waals surface area (Å²) in [5, 5.41) is 10.1. The third-order valence-electron chi connectivity index (χ3n) is 18.6. The zero-order chi connectivity index (χ0) is 55.7. The van der Waals surface area contributed by atoms with E-state index in [9.17, 15) is 0 Å². The molecule has 0 saturated carbocycles. The van der Waals surface area contributed by atoms with Crippen LogP contribution in [-0.4, -0.2) is 6.71 Å². The monoisotopic (exact) mass is 1040 g/mol. The maximum Gasteiger partial charge on any atom is 0.252 e. The van der Waals surface area contributed by atoms with Gasteiger partial charge in [-0.3, -0.25) is 0 Å². The SMILES string of the molecule is CC(C)(C)c1cc(N2c3cc(-c4ccc5c(c4)-c4ccccc4C5(C)C)cc4c3B(c3ccc5c(ccc6ccccc65)c32)c2ccc3c(ccc5ccccc53)c2N4c2cc(C(C)(C)C)cc(C(C)(C)C)c2)cc(C(C)(C)C)c1. The quantitative estimate of drug-likeness (QED) is 0.129. The first-order chi connectivity index (χ1) is 37.9. The van der Waals surface area contributed by atoms with Crippen LogP contribution in [0.25, 0.3) is 65.3 Å². The van der Waals surface area contributed by atoms with Gasteiger partial charge in [-0.05, 0) is 168 Å². The highest BCUT2D eigenvalue weighted by Gasteiger charge is 2.46. The number of benzene rings is 11. The third kappa shape index (κ3) is 7.59. The van der Waals surface area contributed by atoms with Crippen LogP contribution in [0.3, 0.4) is 0 Å². The summed E-state index contributed by atoms with van der Waals surface area (Å²) in [6.45, 7) is 33.1. The first-order valence-electron chi connectivity index (χ1n) is 29.2. The van der Waals surface area contributed by atoms with Crippen LogP contribution >= 0.6 is 0 Å². The minimum atomic E-state index is -0.108. The van der Waals surface area contributed by atoms with E-state index >= 15 is 0 Å². The molecular weight excluding hydrogens is 964 g/mol. The first-order valence-corrected chi connectivity index (χ1v) is 29.2. The number of hydrogen-bond donors (Lipinski definition) is 0. The summed E-state index contributed by atoms with van der Waals surface area (Å²) in [5.74, 6) is 0. The fourth-order valence-electron chi connectivity index (χ4n) is 14.0. The summed E-state index contributed by atoms with van der Waals surface area (Å²) in [7, 11) is 0. The number of nitrogens with zero attached hydrogens (tertiary/aromatic N) is 2. The van der Waals surface area contributed by atoms with E-state index in [2.05, 4.69) is 295 Å². The van der Waals surface area contributed by atoms with Crippen molar-refractivity contribution in [2.24, 2.45) is 0 Å². The number of anilines is 6. The molecule has 0 saturated heterocycles. The smallest absolute Gasteiger partial charge is 0.252 e. The van der Waals surface area contributed by atoms with Gasteiger partial charge in [0.05, 0.1) is 0 Å². The van der Waals surface area contributed by atoms with Gasteiger partial charge in [0, 0.05) is 50.3 Å². The van der Waals surface area contributed by atoms with Crippen molar-refractivity contribution in [2.45, 2.75) is 124 Å². The highest BCUT2D eigenvalue weighted by atomic mass is 15.2. The molecule has 3 aliphatic rings. The van der Waals surface area contributed by atoms with E-state index in [0.717, 1.165) is 0 Å². The molecule has 0 atom stereocenters. The Morgan fingerprint density at radius 1 is 0.338 bits per heavy atom. The van der Waals surface area contributed by atoms with E-state index in [1.165, 1.54) is 149 Å². The number of fused-ring (bicyclic) bond motifs is 15. The maximum absolute atomic E-state index is 2.71. The second-order valence-electron chi connectivity index (χ2n) is 28.3. The molecule has 0 radical (unpaired) electrons. The van der Waals surface area contributed by atoms with E-state index in [0.29, 0.717) is 0 Å². The average Bonchev–Trinajstić information content (AvgIpc) is 1.54. The van der Waals surface area contributed by atoms with E-state index in [4.69, 9.17) is 0 Å². The lowest BCUT2D eigenvalue weighted by molar-refractivity contribution is 0.568. The summed E-state index contributed by atoms with van der Waals surface area (Å²) in [6, 6.07) is 73.9. The molecular formula is C77H73BN2. The van der Waals surface area contributed by atoms with Crippen molar-refractivity contribution in [1.29, 1.82) is 0 Å². The molecule has 2 nitrogen and oxygen atoms in total. The van der Waals surface area contributed by atoms with Gasteiger partial charge in [0.2, 0.25) is 0 Å². The fraction of sp³-hybridized carbons (Fsp3) is 0.247. The normalized spacial score (nSPS) is 14.7. The molecule has 0 amide bonds. The fourth-order valence-corrected chi connectivity index (χ4v) is 14.0. The van der Waals surface area contributed by atoms with E-state index in [1.54, 1.807) is 0 Å². The first kappa shape index (κ1) is 50.4. The standard InChI is InChI=1S/C77H73BN2/c1-73(2,3)50-40-51(74(4,5)6)43-54(42-50)79-68-38-49(48-29-34-65-63(37-48)60-25-19-20-26-64(60)77(65,13)14)39-69-70(68)78(66-35-32-58-56-23-17-15-21-46(56)27-30-61(58)71(66)79)67-36-33-59-57-24-18-16-22-47(57)28-31-62(59)72(67)80(69)55-44-52(75(7,8)9)41-53(45-55)76(10,11)12/h15-45H,1-14H3. The lowest BCUT2D eigenvalue weighted by Crippen LogP contribution is -2.61. The van der Waals surface area contributed by atoms with Crippen molar-refractivity contribution >= 4 is 100 Å². The van der Waals surface area contributed by atoms with Gasteiger partial charge in [-0.25, -0.2) is 0 Å². The Morgan fingerprint density at radius 3 is 1.21 bits per heavy atom. The zero-order valence-electron chi connectivity index (χ0n) is 49.4. The summed E-state index contributed by atoms with van der Waals surface area (Å²) in [4.78, 5) is 5.43. The summed E-state index contributed by atoms with van der Waals surface area (Å²) in [5.41, 5.74) is 24.0. The minimum Gasteiger partial charge on any atom is -0.311 e. The Labute approximate surface area is 475 Å². The van der Waals surface area contributed by atoms with Gasteiger partial charge in [-0.2, -0.15) is 0 Å². The molecule has 11 aromatic rings. The molecule has 1 aliphatic carbocycles. The van der Waals surface area contributed by atoms with Crippen molar-refractivity contribution in [3.63, 3.8) is 0 Å². The average molecular weight is 1040 g/mol. The van der Waals surface area contributed by atoms with Crippen LogP contribution in [0.2, 0.25) is 0 Å². The minimum absolute atomic E-state index is 0.0910. The molecule has 80 heavy (non-hydrogen) atoms. The molecule has 14 rings (SSSR count). The molecule has 0 bridgehead atoms. The summed E-state index contributed by atoms with van der Waals surface area (Å²) < 4.78 is 0. The Balaban J connectivity index is 1.18.